The standard InChI is InChI=1S/C24H26N2O4S/c1-4-21(18-14-15-23(30-3)17(2)16-18)25-24(27)20-12-8-9-13-22(20)26-31(28,29)19-10-6-5-7-11-19/h5-16,21,26H,4H2,1-3H3,(H,25,27)/t21-/m1/s1. The lowest BCUT2D eigenvalue weighted by molar-refractivity contribution is 0.0936. The topological polar surface area (TPSA) is 84.5 Å². The maximum atomic E-state index is 13.1. The Bertz CT molecular complexity index is 1160. The van der Waals surface area contributed by atoms with E-state index in [4.69, 9.17) is 4.74 Å². The zero-order chi connectivity index (χ0) is 22.4. The third-order valence-electron chi connectivity index (χ3n) is 5.00. The van der Waals surface area contributed by atoms with E-state index in [-0.39, 0.29) is 28.1 Å². The summed E-state index contributed by atoms with van der Waals surface area (Å²) in [6.07, 6.45) is 0.676. The summed E-state index contributed by atoms with van der Waals surface area (Å²) < 4.78 is 33.3. The number of methoxy groups -OCH3 is 1. The minimum absolute atomic E-state index is 0.130. The van der Waals surface area contributed by atoms with Crippen LogP contribution in [0.4, 0.5) is 5.69 Å². The molecule has 1 atom stereocenters. The first-order chi connectivity index (χ1) is 14.9. The van der Waals surface area contributed by atoms with Crippen molar-refractivity contribution in [3.05, 3.63) is 89.5 Å². The number of rotatable bonds is 8. The van der Waals surface area contributed by atoms with Crippen LogP contribution in [0.3, 0.4) is 0 Å². The SMILES string of the molecule is CC[C@@H](NC(=O)c1ccccc1NS(=O)(=O)c1ccccc1)c1ccc(OC)c(C)c1. The molecule has 0 bridgehead atoms. The maximum Gasteiger partial charge on any atom is 0.261 e. The molecule has 0 fully saturated rings. The summed E-state index contributed by atoms with van der Waals surface area (Å²) in [7, 11) is -2.19. The van der Waals surface area contributed by atoms with Crippen molar-refractivity contribution in [1.29, 1.82) is 0 Å². The number of hydrogen-bond acceptors (Lipinski definition) is 4. The van der Waals surface area contributed by atoms with Gasteiger partial charge in [-0.3, -0.25) is 9.52 Å². The number of amides is 1. The predicted molar refractivity (Wildman–Crippen MR) is 122 cm³/mol. The molecule has 0 aliphatic carbocycles. The number of nitrogens with one attached hydrogen (secondary N) is 2. The van der Waals surface area contributed by atoms with E-state index >= 15 is 0 Å². The highest BCUT2D eigenvalue weighted by Gasteiger charge is 2.21. The number of benzene rings is 3. The van der Waals surface area contributed by atoms with Gasteiger partial charge in [0.25, 0.3) is 15.9 Å². The van der Waals surface area contributed by atoms with Gasteiger partial charge >= 0.3 is 0 Å². The molecular formula is C24H26N2O4S. The lowest BCUT2D eigenvalue weighted by atomic mass is 10.0. The van der Waals surface area contributed by atoms with Crippen molar-refractivity contribution in [3.63, 3.8) is 0 Å². The smallest absolute Gasteiger partial charge is 0.261 e. The predicted octanol–water partition coefficient (Wildman–Crippen LogP) is 4.69. The second-order valence-corrected chi connectivity index (χ2v) is 8.81. The van der Waals surface area contributed by atoms with Crippen LogP contribution in [0.25, 0.3) is 0 Å². The number of hydrogen-bond donors (Lipinski definition) is 2. The molecule has 0 aliphatic rings. The molecule has 0 aromatic heterocycles. The summed E-state index contributed by atoms with van der Waals surface area (Å²) in [5.74, 6) is 0.428. The number of ether oxygens (including phenoxy) is 1. The van der Waals surface area contributed by atoms with Crippen molar-refractivity contribution in [2.75, 3.05) is 11.8 Å². The number of para-hydroxylation sites is 1. The zero-order valence-electron chi connectivity index (χ0n) is 17.8. The quantitative estimate of drug-likeness (QED) is 0.535. The molecular weight excluding hydrogens is 412 g/mol. The van der Waals surface area contributed by atoms with E-state index in [9.17, 15) is 13.2 Å². The summed E-state index contributed by atoms with van der Waals surface area (Å²) in [4.78, 5) is 13.2. The lowest BCUT2D eigenvalue weighted by Gasteiger charge is -2.20. The normalized spacial score (nSPS) is 12.1. The summed E-state index contributed by atoms with van der Waals surface area (Å²) in [5, 5.41) is 3.02. The van der Waals surface area contributed by atoms with Crippen molar-refractivity contribution in [2.45, 2.75) is 31.2 Å². The molecule has 0 unspecified atom stereocenters. The van der Waals surface area contributed by atoms with Crippen LogP contribution < -0.4 is 14.8 Å². The Balaban J connectivity index is 1.84. The molecule has 162 valence electrons. The Morgan fingerprint density at radius 3 is 2.32 bits per heavy atom. The average molecular weight is 439 g/mol. The van der Waals surface area contributed by atoms with E-state index < -0.39 is 10.0 Å². The molecule has 1 amide bonds. The molecule has 0 saturated carbocycles. The fraction of sp³-hybridized carbons (Fsp3) is 0.208. The minimum Gasteiger partial charge on any atom is -0.496 e. The van der Waals surface area contributed by atoms with Crippen molar-refractivity contribution in [1.82, 2.24) is 5.32 Å². The number of carbonyl (C=O) groups excluding carboxylic acids is 1. The first-order valence-corrected chi connectivity index (χ1v) is 11.5. The van der Waals surface area contributed by atoms with E-state index in [1.54, 1.807) is 49.6 Å². The molecule has 3 aromatic carbocycles. The molecule has 0 aliphatic heterocycles. The first-order valence-electron chi connectivity index (χ1n) is 9.98. The van der Waals surface area contributed by atoms with Crippen molar-refractivity contribution in [2.24, 2.45) is 0 Å². The highest BCUT2D eigenvalue weighted by molar-refractivity contribution is 7.92. The maximum absolute atomic E-state index is 13.1. The summed E-state index contributed by atoms with van der Waals surface area (Å²) in [6.45, 7) is 3.93. The van der Waals surface area contributed by atoms with Gasteiger partial charge in [-0.2, -0.15) is 0 Å². The molecule has 2 N–H and O–H groups in total. The third-order valence-corrected chi connectivity index (χ3v) is 6.39. The number of aryl methyl sites for hydroxylation is 1. The summed E-state index contributed by atoms with van der Waals surface area (Å²) >= 11 is 0. The van der Waals surface area contributed by atoms with Gasteiger partial charge < -0.3 is 10.1 Å². The van der Waals surface area contributed by atoms with E-state index in [1.165, 1.54) is 12.1 Å². The van der Waals surface area contributed by atoms with Crippen LogP contribution in [-0.4, -0.2) is 21.4 Å². The van der Waals surface area contributed by atoms with Crippen molar-refractivity contribution >= 4 is 21.6 Å². The second kappa shape index (κ2) is 9.66. The molecule has 0 heterocycles. The van der Waals surface area contributed by atoms with E-state index in [0.29, 0.717) is 6.42 Å². The highest BCUT2D eigenvalue weighted by atomic mass is 32.2. The molecule has 0 spiro atoms. The van der Waals surface area contributed by atoms with E-state index in [0.717, 1.165) is 16.9 Å². The van der Waals surface area contributed by atoms with Gasteiger partial charge in [0.05, 0.1) is 29.3 Å². The third kappa shape index (κ3) is 5.24. The van der Waals surface area contributed by atoms with Crippen LogP contribution in [0.2, 0.25) is 0 Å². The van der Waals surface area contributed by atoms with Crippen molar-refractivity contribution in [3.8, 4) is 5.75 Å². The molecule has 31 heavy (non-hydrogen) atoms. The van der Waals surface area contributed by atoms with Gasteiger partial charge in [0.1, 0.15) is 5.75 Å². The first kappa shape index (κ1) is 22.4. The van der Waals surface area contributed by atoms with Crippen LogP contribution in [0.5, 0.6) is 5.75 Å². The second-order valence-electron chi connectivity index (χ2n) is 7.13. The largest absolute Gasteiger partial charge is 0.496 e. The van der Waals surface area contributed by atoms with Gasteiger partial charge in [-0.05, 0) is 54.8 Å². The Morgan fingerprint density at radius 1 is 1.00 bits per heavy atom. The zero-order valence-corrected chi connectivity index (χ0v) is 18.6. The average Bonchev–Trinajstić information content (AvgIpc) is 2.78. The van der Waals surface area contributed by atoms with Gasteiger partial charge in [0, 0.05) is 0 Å². The molecule has 6 nitrogen and oxygen atoms in total. The number of anilines is 1. The van der Waals surface area contributed by atoms with Gasteiger partial charge in [-0.15, -0.1) is 0 Å². The Hall–Kier alpha value is -3.32. The van der Waals surface area contributed by atoms with Gasteiger partial charge in [-0.25, -0.2) is 8.42 Å². The van der Waals surface area contributed by atoms with E-state index in [1.807, 2.05) is 32.0 Å². The lowest BCUT2D eigenvalue weighted by Crippen LogP contribution is -2.29. The van der Waals surface area contributed by atoms with E-state index in [2.05, 4.69) is 10.0 Å². The highest BCUT2D eigenvalue weighted by Crippen LogP contribution is 2.26. The fourth-order valence-corrected chi connectivity index (χ4v) is 4.45. The molecule has 3 rings (SSSR count). The van der Waals surface area contributed by atoms with Crippen LogP contribution in [-0.2, 0) is 10.0 Å². The van der Waals surface area contributed by atoms with Gasteiger partial charge in [-0.1, -0.05) is 49.4 Å². The summed E-state index contributed by atoms with van der Waals surface area (Å²) in [5.41, 5.74) is 2.41. The Kier molecular flexibility index (Phi) is 6.97. The Morgan fingerprint density at radius 2 is 1.68 bits per heavy atom. The molecule has 3 aromatic rings. The van der Waals surface area contributed by atoms with Crippen LogP contribution in [0, 0.1) is 6.92 Å². The van der Waals surface area contributed by atoms with Gasteiger partial charge in [0.15, 0.2) is 0 Å². The Labute approximate surface area is 183 Å². The number of carbonyl (C=O) groups is 1. The van der Waals surface area contributed by atoms with Crippen LogP contribution in [0.15, 0.2) is 77.7 Å². The minimum atomic E-state index is -3.81. The monoisotopic (exact) mass is 438 g/mol. The molecule has 0 radical (unpaired) electrons. The number of sulfonamides is 1. The molecule has 7 heteroatoms. The van der Waals surface area contributed by atoms with Crippen LogP contribution in [0.1, 0.15) is 40.9 Å². The molecule has 0 saturated heterocycles. The van der Waals surface area contributed by atoms with Crippen LogP contribution >= 0.6 is 0 Å². The fourth-order valence-electron chi connectivity index (χ4n) is 3.35. The van der Waals surface area contributed by atoms with Gasteiger partial charge in [0.2, 0.25) is 0 Å². The summed E-state index contributed by atoms with van der Waals surface area (Å²) in [6, 6.07) is 20.2. The van der Waals surface area contributed by atoms with Crippen molar-refractivity contribution < 1.29 is 17.9 Å².